The van der Waals surface area contributed by atoms with E-state index >= 15 is 0 Å². The molecule has 0 N–H and O–H groups in total. The Labute approximate surface area is 118 Å². The Morgan fingerprint density at radius 2 is 1.63 bits per heavy atom. The molecule has 1 saturated carbocycles. The fourth-order valence-corrected chi connectivity index (χ4v) is 4.17. The van der Waals surface area contributed by atoms with Gasteiger partial charge in [0.1, 0.15) is 0 Å². The van der Waals surface area contributed by atoms with Gasteiger partial charge in [0.15, 0.2) is 0 Å². The highest BCUT2D eigenvalue weighted by molar-refractivity contribution is 4.83. The van der Waals surface area contributed by atoms with Gasteiger partial charge in [-0.15, -0.1) is 0 Å². The van der Waals surface area contributed by atoms with Crippen LogP contribution in [0.1, 0.15) is 44.9 Å². The zero-order valence-electron chi connectivity index (χ0n) is 12.4. The van der Waals surface area contributed by atoms with E-state index in [2.05, 4.69) is 9.80 Å². The van der Waals surface area contributed by atoms with Crippen molar-refractivity contribution in [3.63, 3.8) is 0 Å². The van der Waals surface area contributed by atoms with Crippen molar-refractivity contribution in [1.29, 1.82) is 0 Å². The van der Waals surface area contributed by atoms with Gasteiger partial charge in [0, 0.05) is 32.2 Å². The summed E-state index contributed by atoms with van der Waals surface area (Å²) in [6.45, 7) is 8.23. The van der Waals surface area contributed by atoms with E-state index in [1.165, 1.54) is 64.6 Å². The summed E-state index contributed by atoms with van der Waals surface area (Å²) in [5.74, 6) is 0.911. The van der Waals surface area contributed by atoms with Gasteiger partial charge >= 0.3 is 0 Å². The lowest BCUT2D eigenvalue weighted by atomic mass is 9.90. The van der Waals surface area contributed by atoms with Crippen molar-refractivity contribution in [3.8, 4) is 0 Å². The minimum absolute atomic E-state index is 0.911. The molecule has 0 aromatic rings. The number of rotatable bonds is 3. The van der Waals surface area contributed by atoms with Crippen LogP contribution in [0.25, 0.3) is 0 Å². The van der Waals surface area contributed by atoms with Crippen LogP contribution in [0.5, 0.6) is 0 Å². The standard InChI is InChI=1S/C16H30N2O/c1-2-6-16(7-3-1)18-8-4-5-15(14-18)13-17-9-11-19-12-10-17/h15-16H,1-14H2/t15-/m1/s1. The van der Waals surface area contributed by atoms with Crippen LogP contribution in [0.2, 0.25) is 0 Å². The molecule has 0 aromatic carbocycles. The van der Waals surface area contributed by atoms with Gasteiger partial charge in [-0.05, 0) is 38.1 Å². The lowest BCUT2D eigenvalue weighted by Gasteiger charge is -2.41. The summed E-state index contributed by atoms with van der Waals surface area (Å²) in [6, 6.07) is 0.918. The second-order valence-corrected chi connectivity index (χ2v) is 6.71. The second kappa shape index (κ2) is 7.05. The summed E-state index contributed by atoms with van der Waals surface area (Å²) in [5.41, 5.74) is 0. The minimum atomic E-state index is 0.911. The number of morpholine rings is 1. The number of hydrogen-bond donors (Lipinski definition) is 0. The number of piperidine rings is 1. The predicted octanol–water partition coefficient (Wildman–Crippen LogP) is 2.36. The van der Waals surface area contributed by atoms with Crippen LogP contribution in [0, 0.1) is 5.92 Å². The van der Waals surface area contributed by atoms with Crippen molar-refractivity contribution in [2.24, 2.45) is 5.92 Å². The largest absolute Gasteiger partial charge is 0.379 e. The summed E-state index contributed by atoms with van der Waals surface area (Å²) in [4.78, 5) is 5.45. The van der Waals surface area contributed by atoms with E-state index in [-0.39, 0.29) is 0 Å². The predicted molar refractivity (Wildman–Crippen MR) is 78.4 cm³/mol. The molecular weight excluding hydrogens is 236 g/mol. The fraction of sp³-hybridized carbons (Fsp3) is 1.00. The smallest absolute Gasteiger partial charge is 0.0594 e. The Morgan fingerprint density at radius 1 is 0.842 bits per heavy atom. The minimum Gasteiger partial charge on any atom is -0.379 e. The number of ether oxygens (including phenoxy) is 1. The van der Waals surface area contributed by atoms with Gasteiger partial charge in [-0.25, -0.2) is 0 Å². The van der Waals surface area contributed by atoms with Crippen molar-refractivity contribution in [2.75, 3.05) is 45.9 Å². The first-order chi connectivity index (χ1) is 9.42. The monoisotopic (exact) mass is 266 g/mol. The van der Waals surface area contributed by atoms with Crippen LogP contribution >= 0.6 is 0 Å². The quantitative estimate of drug-likeness (QED) is 0.780. The van der Waals surface area contributed by atoms with Gasteiger partial charge in [-0.1, -0.05) is 19.3 Å². The molecule has 2 aliphatic heterocycles. The van der Waals surface area contributed by atoms with Crippen LogP contribution in [0.15, 0.2) is 0 Å². The summed E-state index contributed by atoms with van der Waals surface area (Å²) < 4.78 is 5.45. The highest BCUT2D eigenvalue weighted by atomic mass is 16.5. The molecule has 110 valence electrons. The normalized spacial score (nSPS) is 32.5. The van der Waals surface area contributed by atoms with Crippen molar-refractivity contribution in [2.45, 2.75) is 51.0 Å². The van der Waals surface area contributed by atoms with Gasteiger partial charge in [0.2, 0.25) is 0 Å². The molecule has 0 unspecified atom stereocenters. The molecule has 3 nitrogen and oxygen atoms in total. The molecule has 3 rings (SSSR count). The van der Waals surface area contributed by atoms with Crippen LogP contribution in [-0.4, -0.2) is 61.8 Å². The average Bonchev–Trinajstić information content (AvgIpc) is 2.49. The molecule has 0 aromatic heterocycles. The molecule has 0 spiro atoms. The Kier molecular flexibility index (Phi) is 5.14. The van der Waals surface area contributed by atoms with Crippen LogP contribution in [0.4, 0.5) is 0 Å². The highest BCUT2D eigenvalue weighted by Crippen LogP contribution is 2.27. The summed E-state index contributed by atoms with van der Waals surface area (Å²) in [5, 5.41) is 0. The SMILES string of the molecule is C1CCC(N2CCC[C@H](CN3CCOCC3)C2)CC1. The van der Waals surface area contributed by atoms with Gasteiger partial charge < -0.3 is 9.64 Å². The maximum absolute atomic E-state index is 5.45. The van der Waals surface area contributed by atoms with E-state index in [1.54, 1.807) is 0 Å². The molecule has 3 heteroatoms. The van der Waals surface area contributed by atoms with Crippen molar-refractivity contribution >= 4 is 0 Å². The number of likely N-dealkylation sites (tertiary alicyclic amines) is 1. The number of nitrogens with zero attached hydrogens (tertiary/aromatic N) is 2. The first-order valence-corrected chi connectivity index (χ1v) is 8.46. The van der Waals surface area contributed by atoms with E-state index < -0.39 is 0 Å². The maximum Gasteiger partial charge on any atom is 0.0594 e. The topological polar surface area (TPSA) is 15.7 Å². The molecule has 1 aliphatic carbocycles. The van der Waals surface area contributed by atoms with E-state index in [0.717, 1.165) is 38.3 Å². The molecule has 3 fully saturated rings. The highest BCUT2D eigenvalue weighted by Gasteiger charge is 2.28. The van der Waals surface area contributed by atoms with Gasteiger partial charge in [-0.2, -0.15) is 0 Å². The van der Waals surface area contributed by atoms with Gasteiger partial charge in [0.05, 0.1) is 13.2 Å². The third-order valence-electron chi connectivity index (χ3n) is 5.26. The van der Waals surface area contributed by atoms with E-state index in [4.69, 9.17) is 4.74 Å². The Hall–Kier alpha value is -0.120. The zero-order chi connectivity index (χ0) is 12.9. The third-order valence-corrected chi connectivity index (χ3v) is 5.26. The van der Waals surface area contributed by atoms with Crippen molar-refractivity contribution < 1.29 is 4.74 Å². The van der Waals surface area contributed by atoms with E-state index in [9.17, 15) is 0 Å². The maximum atomic E-state index is 5.45. The van der Waals surface area contributed by atoms with Crippen molar-refractivity contribution in [3.05, 3.63) is 0 Å². The van der Waals surface area contributed by atoms with Crippen molar-refractivity contribution in [1.82, 2.24) is 9.80 Å². The Morgan fingerprint density at radius 3 is 2.42 bits per heavy atom. The molecule has 2 saturated heterocycles. The first kappa shape index (κ1) is 13.8. The van der Waals surface area contributed by atoms with E-state index in [0.29, 0.717) is 0 Å². The average molecular weight is 266 g/mol. The van der Waals surface area contributed by atoms with Gasteiger partial charge in [0.25, 0.3) is 0 Å². The molecular formula is C16H30N2O. The Bertz CT molecular complexity index is 259. The third kappa shape index (κ3) is 3.93. The lowest BCUT2D eigenvalue weighted by molar-refractivity contribution is 0.0174. The second-order valence-electron chi connectivity index (χ2n) is 6.71. The van der Waals surface area contributed by atoms with Crippen LogP contribution in [-0.2, 0) is 4.74 Å². The summed E-state index contributed by atoms with van der Waals surface area (Å²) >= 11 is 0. The summed E-state index contributed by atoms with van der Waals surface area (Å²) in [6.07, 6.45) is 10.2. The summed E-state index contributed by atoms with van der Waals surface area (Å²) in [7, 11) is 0. The van der Waals surface area contributed by atoms with Crippen LogP contribution < -0.4 is 0 Å². The lowest BCUT2D eigenvalue weighted by Crippen LogP contribution is -2.47. The molecule has 2 heterocycles. The molecule has 3 aliphatic rings. The molecule has 0 amide bonds. The van der Waals surface area contributed by atoms with E-state index in [1.807, 2.05) is 0 Å². The molecule has 0 bridgehead atoms. The molecule has 0 radical (unpaired) electrons. The first-order valence-electron chi connectivity index (χ1n) is 8.46. The van der Waals surface area contributed by atoms with Crippen LogP contribution in [0.3, 0.4) is 0 Å². The Balaban J connectivity index is 1.46. The van der Waals surface area contributed by atoms with Gasteiger partial charge in [-0.3, -0.25) is 4.90 Å². The number of hydrogen-bond acceptors (Lipinski definition) is 3. The fourth-order valence-electron chi connectivity index (χ4n) is 4.17. The zero-order valence-corrected chi connectivity index (χ0v) is 12.4. The molecule has 19 heavy (non-hydrogen) atoms. The molecule has 1 atom stereocenters.